The first kappa shape index (κ1) is 25.4. The molecular weight excluding hydrogens is 491 g/mol. The molecule has 1 aromatic heterocycles. The SMILES string of the molecule is COC(=O)c1ccc(C(=O)N/N=C(/C)c2csc(-c3ccc(C(F)(F)F)cc3)c2O)cc1[N+](=O)[O-]. The van der Waals surface area contributed by atoms with Crippen LogP contribution in [0.2, 0.25) is 0 Å². The van der Waals surface area contributed by atoms with Crippen LogP contribution in [0.25, 0.3) is 10.4 Å². The number of hydrazone groups is 1. The Kier molecular flexibility index (Phi) is 7.20. The van der Waals surface area contributed by atoms with Gasteiger partial charge in [-0.25, -0.2) is 10.2 Å². The molecule has 9 nitrogen and oxygen atoms in total. The number of amides is 1. The third kappa shape index (κ3) is 5.46. The minimum absolute atomic E-state index is 0.152. The summed E-state index contributed by atoms with van der Waals surface area (Å²) in [7, 11) is 1.06. The summed E-state index contributed by atoms with van der Waals surface area (Å²) < 4.78 is 42.8. The van der Waals surface area contributed by atoms with Gasteiger partial charge >= 0.3 is 12.1 Å². The van der Waals surface area contributed by atoms with Crippen LogP contribution in [-0.2, 0) is 10.9 Å². The molecule has 0 unspecified atom stereocenters. The van der Waals surface area contributed by atoms with Crippen LogP contribution < -0.4 is 5.43 Å². The van der Waals surface area contributed by atoms with Crippen molar-refractivity contribution in [2.24, 2.45) is 5.10 Å². The molecule has 13 heteroatoms. The highest BCUT2D eigenvalue weighted by Gasteiger charge is 2.30. The Hall–Kier alpha value is -4.26. The molecule has 0 aliphatic carbocycles. The van der Waals surface area contributed by atoms with Crippen LogP contribution in [0, 0.1) is 10.1 Å². The molecule has 0 radical (unpaired) electrons. The van der Waals surface area contributed by atoms with Gasteiger partial charge in [-0.2, -0.15) is 18.3 Å². The zero-order valence-corrected chi connectivity index (χ0v) is 18.9. The zero-order valence-electron chi connectivity index (χ0n) is 18.0. The lowest BCUT2D eigenvalue weighted by Crippen LogP contribution is -2.20. The Bertz CT molecular complexity index is 1330. The second-order valence-corrected chi connectivity index (χ2v) is 7.90. The van der Waals surface area contributed by atoms with Gasteiger partial charge in [0.2, 0.25) is 0 Å². The number of hydrogen-bond donors (Lipinski definition) is 2. The standard InChI is InChI=1S/C22H16F3N3O6S/c1-11(16-10-35-19(18(16)29)12-3-6-14(7-4-12)22(23,24)25)26-27-20(30)13-5-8-15(21(31)34-2)17(9-13)28(32)33/h3-10,29H,1-2H3,(H,27,30)/b26-11-. The van der Waals surface area contributed by atoms with E-state index in [0.29, 0.717) is 10.4 Å². The molecule has 0 spiro atoms. The van der Waals surface area contributed by atoms with Crippen molar-refractivity contribution < 1.29 is 37.5 Å². The van der Waals surface area contributed by atoms with Gasteiger partial charge in [0, 0.05) is 17.0 Å². The minimum Gasteiger partial charge on any atom is -0.506 e. The van der Waals surface area contributed by atoms with Crippen LogP contribution >= 0.6 is 11.3 Å². The van der Waals surface area contributed by atoms with Gasteiger partial charge in [0.05, 0.1) is 33.7 Å². The van der Waals surface area contributed by atoms with Crippen LogP contribution in [-0.4, -0.2) is 34.7 Å². The lowest BCUT2D eigenvalue weighted by Gasteiger charge is -2.07. The Morgan fingerprint density at radius 1 is 1.14 bits per heavy atom. The van der Waals surface area contributed by atoms with E-state index in [2.05, 4.69) is 15.3 Å². The van der Waals surface area contributed by atoms with Crippen LogP contribution in [0.1, 0.15) is 38.8 Å². The molecule has 0 fully saturated rings. The fraction of sp³-hybridized carbons (Fsp3) is 0.136. The van der Waals surface area contributed by atoms with Crippen molar-refractivity contribution >= 4 is 34.6 Å². The Balaban J connectivity index is 1.81. The molecule has 1 amide bonds. The minimum atomic E-state index is -4.48. The molecule has 0 saturated heterocycles. The molecule has 2 N–H and O–H groups in total. The largest absolute Gasteiger partial charge is 0.506 e. The first-order valence-corrected chi connectivity index (χ1v) is 10.5. The molecule has 3 rings (SSSR count). The number of rotatable bonds is 6. The summed E-state index contributed by atoms with van der Waals surface area (Å²) in [6.07, 6.45) is -4.48. The number of carbonyl (C=O) groups excluding carboxylic acids is 2. The van der Waals surface area contributed by atoms with E-state index in [4.69, 9.17) is 0 Å². The normalized spacial score (nSPS) is 11.7. The summed E-state index contributed by atoms with van der Waals surface area (Å²) in [6.45, 7) is 1.47. The number of hydrogen-bond acceptors (Lipinski definition) is 8. The molecule has 1 heterocycles. The van der Waals surface area contributed by atoms with E-state index in [1.165, 1.54) is 30.5 Å². The van der Waals surface area contributed by atoms with E-state index in [-0.39, 0.29) is 28.2 Å². The first-order chi connectivity index (χ1) is 16.4. The van der Waals surface area contributed by atoms with E-state index < -0.39 is 34.2 Å². The van der Waals surface area contributed by atoms with Gasteiger partial charge in [0.25, 0.3) is 11.6 Å². The topological polar surface area (TPSA) is 131 Å². The summed E-state index contributed by atoms with van der Waals surface area (Å²) in [4.78, 5) is 34.8. The fourth-order valence-corrected chi connectivity index (χ4v) is 4.00. The number of nitro groups is 1. The molecule has 182 valence electrons. The van der Waals surface area contributed by atoms with E-state index in [0.717, 1.165) is 42.7 Å². The smallest absolute Gasteiger partial charge is 0.416 e. The second kappa shape index (κ2) is 9.93. The Morgan fingerprint density at radius 2 is 1.80 bits per heavy atom. The van der Waals surface area contributed by atoms with Gasteiger partial charge in [0.1, 0.15) is 11.3 Å². The van der Waals surface area contributed by atoms with Gasteiger partial charge in [-0.1, -0.05) is 12.1 Å². The molecule has 0 aliphatic heterocycles. The number of methoxy groups -OCH3 is 1. The van der Waals surface area contributed by atoms with Gasteiger partial charge in [0.15, 0.2) is 0 Å². The number of nitro benzene ring substituents is 1. The van der Waals surface area contributed by atoms with Crippen LogP contribution in [0.3, 0.4) is 0 Å². The predicted octanol–water partition coefficient (Wildman–Crippen LogP) is 4.99. The third-order valence-corrected chi connectivity index (χ3v) is 5.83. The number of nitrogens with zero attached hydrogens (tertiary/aromatic N) is 2. The second-order valence-electron chi connectivity index (χ2n) is 7.02. The summed E-state index contributed by atoms with van der Waals surface area (Å²) in [5.41, 5.74) is 1.05. The van der Waals surface area contributed by atoms with E-state index in [9.17, 15) is 38.0 Å². The first-order valence-electron chi connectivity index (χ1n) is 9.64. The zero-order chi connectivity index (χ0) is 25.9. The highest BCUT2D eigenvalue weighted by atomic mass is 32.1. The summed E-state index contributed by atoms with van der Waals surface area (Å²) in [5.74, 6) is -1.99. The third-order valence-electron chi connectivity index (χ3n) is 4.82. The summed E-state index contributed by atoms with van der Waals surface area (Å²) in [6, 6.07) is 7.44. The highest BCUT2D eigenvalue weighted by Crippen LogP contribution is 2.40. The van der Waals surface area contributed by atoms with Gasteiger partial charge in [-0.3, -0.25) is 14.9 Å². The Labute approximate surface area is 199 Å². The lowest BCUT2D eigenvalue weighted by molar-refractivity contribution is -0.385. The van der Waals surface area contributed by atoms with E-state index >= 15 is 0 Å². The number of nitrogens with one attached hydrogen (secondary N) is 1. The van der Waals surface area contributed by atoms with Crippen molar-refractivity contribution in [1.29, 1.82) is 0 Å². The number of aromatic hydroxyl groups is 1. The average Bonchev–Trinajstić information content (AvgIpc) is 3.22. The van der Waals surface area contributed by atoms with E-state index in [1.807, 2.05) is 0 Å². The number of carbonyl (C=O) groups is 2. The average molecular weight is 507 g/mol. The maximum absolute atomic E-state index is 12.8. The van der Waals surface area contributed by atoms with Crippen LogP contribution in [0.15, 0.2) is 52.9 Å². The predicted molar refractivity (Wildman–Crippen MR) is 121 cm³/mol. The van der Waals surface area contributed by atoms with Crippen LogP contribution in [0.4, 0.5) is 18.9 Å². The maximum Gasteiger partial charge on any atom is 0.416 e. The number of benzene rings is 2. The Morgan fingerprint density at radius 3 is 2.37 bits per heavy atom. The van der Waals surface area contributed by atoms with Crippen molar-refractivity contribution in [1.82, 2.24) is 5.43 Å². The highest BCUT2D eigenvalue weighted by molar-refractivity contribution is 7.14. The summed E-state index contributed by atoms with van der Waals surface area (Å²) in [5, 5.41) is 27.2. The fourth-order valence-electron chi connectivity index (χ4n) is 2.99. The molecule has 0 saturated carbocycles. The lowest BCUT2D eigenvalue weighted by atomic mass is 10.1. The number of esters is 1. The van der Waals surface area contributed by atoms with Crippen LogP contribution in [0.5, 0.6) is 5.75 Å². The molecule has 0 bridgehead atoms. The maximum atomic E-state index is 12.8. The molecule has 35 heavy (non-hydrogen) atoms. The number of thiophene rings is 1. The number of halogens is 3. The van der Waals surface area contributed by atoms with Crippen molar-refractivity contribution in [3.05, 3.63) is 80.2 Å². The quantitative estimate of drug-likeness (QED) is 0.209. The van der Waals surface area contributed by atoms with Gasteiger partial charge < -0.3 is 9.84 Å². The number of ether oxygens (including phenoxy) is 1. The van der Waals surface area contributed by atoms with Crippen molar-refractivity contribution in [3.8, 4) is 16.2 Å². The molecule has 2 aromatic carbocycles. The molecular formula is C22H16F3N3O6S. The van der Waals surface area contributed by atoms with E-state index in [1.54, 1.807) is 0 Å². The molecule has 0 atom stereocenters. The number of alkyl halides is 3. The van der Waals surface area contributed by atoms with Crippen molar-refractivity contribution in [2.75, 3.05) is 7.11 Å². The van der Waals surface area contributed by atoms with Crippen molar-refractivity contribution in [2.45, 2.75) is 13.1 Å². The molecule has 3 aromatic rings. The molecule has 0 aliphatic rings. The van der Waals surface area contributed by atoms with Crippen molar-refractivity contribution in [3.63, 3.8) is 0 Å². The van der Waals surface area contributed by atoms with Gasteiger partial charge in [-0.15, -0.1) is 11.3 Å². The monoisotopic (exact) mass is 507 g/mol. The summed E-state index contributed by atoms with van der Waals surface area (Å²) >= 11 is 1.07. The van der Waals surface area contributed by atoms with Gasteiger partial charge in [-0.05, 0) is 36.8 Å².